The van der Waals surface area contributed by atoms with Gasteiger partial charge in [0, 0.05) is 17.6 Å². The van der Waals surface area contributed by atoms with E-state index in [1.54, 1.807) is 18.6 Å². The Morgan fingerprint density at radius 3 is 2.89 bits per heavy atom. The van der Waals surface area contributed by atoms with Gasteiger partial charge in [-0.15, -0.1) is 11.3 Å². The zero-order chi connectivity index (χ0) is 19.3. The van der Waals surface area contributed by atoms with E-state index in [0.29, 0.717) is 17.4 Å². The van der Waals surface area contributed by atoms with Crippen LogP contribution >= 0.6 is 11.3 Å². The van der Waals surface area contributed by atoms with Gasteiger partial charge in [-0.1, -0.05) is 6.92 Å². The molecule has 1 aliphatic heterocycles. The highest BCUT2D eigenvalue weighted by Crippen LogP contribution is 2.42. The molecule has 3 aromatic rings. The van der Waals surface area contributed by atoms with E-state index < -0.39 is 0 Å². The molecule has 0 aromatic carbocycles. The van der Waals surface area contributed by atoms with Gasteiger partial charge in [0.15, 0.2) is 11.6 Å². The Morgan fingerprint density at radius 2 is 2.18 bits per heavy atom. The molecule has 0 radical (unpaired) electrons. The first-order valence-electron chi connectivity index (χ1n) is 9.57. The van der Waals surface area contributed by atoms with Crippen molar-refractivity contribution in [3.8, 4) is 22.1 Å². The highest BCUT2D eigenvalue weighted by atomic mass is 32.1. The van der Waals surface area contributed by atoms with Crippen molar-refractivity contribution in [3.63, 3.8) is 0 Å². The maximum atomic E-state index is 12.6. The molecule has 2 atom stereocenters. The van der Waals surface area contributed by atoms with Crippen LogP contribution in [0.4, 0.5) is 11.5 Å². The molecule has 2 unspecified atom stereocenters. The second kappa shape index (κ2) is 6.66. The van der Waals surface area contributed by atoms with Gasteiger partial charge in [-0.05, 0) is 32.1 Å². The van der Waals surface area contributed by atoms with E-state index in [1.165, 1.54) is 24.2 Å². The molecule has 2 N–H and O–H groups in total. The number of hydrogen-bond acceptors (Lipinski definition) is 7. The van der Waals surface area contributed by atoms with Crippen molar-refractivity contribution in [1.82, 2.24) is 25.1 Å². The van der Waals surface area contributed by atoms with Crippen LogP contribution in [0, 0.1) is 5.92 Å². The van der Waals surface area contributed by atoms with Crippen molar-refractivity contribution in [2.24, 2.45) is 5.92 Å². The number of anilines is 2. The molecule has 0 spiro atoms. The minimum Gasteiger partial charge on any atom is -0.340 e. The number of aromatic nitrogens is 5. The Hall–Kier alpha value is -2.81. The van der Waals surface area contributed by atoms with Crippen molar-refractivity contribution < 1.29 is 4.79 Å². The average Bonchev–Trinajstić information content (AvgIpc) is 3.20. The molecule has 1 aliphatic carbocycles. The van der Waals surface area contributed by atoms with Gasteiger partial charge in [0.1, 0.15) is 22.4 Å². The molecule has 0 saturated heterocycles. The van der Waals surface area contributed by atoms with Crippen LogP contribution in [0.15, 0.2) is 24.0 Å². The fraction of sp³-hybridized carbons (Fsp3) is 0.421. The van der Waals surface area contributed by atoms with E-state index in [1.807, 2.05) is 12.3 Å². The van der Waals surface area contributed by atoms with Gasteiger partial charge < -0.3 is 10.2 Å². The number of carbonyl (C=O) groups excluding carboxylic acids is 1. The van der Waals surface area contributed by atoms with E-state index in [-0.39, 0.29) is 18.0 Å². The number of nitrogens with zero attached hydrogens (tertiary/aromatic N) is 5. The highest BCUT2D eigenvalue weighted by Gasteiger charge is 2.41. The Labute approximate surface area is 166 Å². The second-order valence-corrected chi connectivity index (χ2v) is 8.22. The number of H-pyrrole nitrogens is 1. The quantitative estimate of drug-likeness (QED) is 0.687. The Balaban J connectivity index is 1.61. The van der Waals surface area contributed by atoms with E-state index in [4.69, 9.17) is 4.98 Å². The van der Waals surface area contributed by atoms with E-state index in [9.17, 15) is 4.79 Å². The van der Waals surface area contributed by atoms with Gasteiger partial charge in [0.05, 0.1) is 18.0 Å². The summed E-state index contributed by atoms with van der Waals surface area (Å²) in [6.07, 6.45) is 8.34. The lowest BCUT2D eigenvalue weighted by molar-refractivity contribution is -0.117. The maximum Gasteiger partial charge on any atom is 0.247 e. The van der Waals surface area contributed by atoms with Crippen LogP contribution in [0.25, 0.3) is 22.1 Å². The number of rotatable bonds is 5. The lowest BCUT2D eigenvalue weighted by atomic mass is 10.0. The van der Waals surface area contributed by atoms with Crippen LogP contribution in [0.1, 0.15) is 33.1 Å². The molecule has 1 amide bonds. The van der Waals surface area contributed by atoms with Crippen LogP contribution in [0.2, 0.25) is 0 Å². The molecule has 9 heteroatoms. The molecule has 1 saturated carbocycles. The average molecular weight is 395 g/mol. The lowest BCUT2D eigenvalue weighted by Crippen LogP contribution is -2.52. The third-order valence-electron chi connectivity index (χ3n) is 5.57. The van der Waals surface area contributed by atoms with Crippen molar-refractivity contribution in [2.45, 2.75) is 45.2 Å². The predicted molar refractivity (Wildman–Crippen MR) is 108 cm³/mol. The first-order chi connectivity index (χ1) is 13.7. The summed E-state index contributed by atoms with van der Waals surface area (Å²) in [7, 11) is 0. The smallest absolute Gasteiger partial charge is 0.247 e. The molecule has 5 rings (SSSR count). The Bertz CT molecular complexity index is 1010. The number of amides is 1. The summed E-state index contributed by atoms with van der Waals surface area (Å²) in [5.41, 5.74) is 2.29. The Morgan fingerprint density at radius 1 is 1.32 bits per heavy atom. The van der Waals surface area contributed by atoms with Crippen LogP contribution in [-0.2, 0) is 4.79 Å². The van der Waals surface area contributed by atoms with Crippen molar-refractivity contribution in [1.29, 1.82) is 0 Å². The second-order valence-electron chi connectivity index (χ2n) is 7.33. The van der Waals surface area contributed by atoms with Gasteiger partial charge >= 0.3 is 0 Å². The molecule has 144 valence electrons. The monoisotopic (exact) mass is 395 g/mol. The normalized spacial score (nSPS) is 20.0. The van der Waals surface area contributed by atoms with Crippen LogP contribution in [0.3, 0.4) is 0 Å². The number of aromatic amines is 1. The first kappa shape index (κ1) is 17.3. The molecule has 3 aromatic heterocycles. The standard InChI is InChI=1S/C19H21N7OS/c1-3-14-18(27)23-13-9-21-16(24-17(13)26(14)10(2)11-4-5-11)12-8-22-25-15(12)19-20-6-7-28-19/h6-11,14H,3-5H2,1-2H3,(H,22,25)(H,23,27). The van der Waals surface area contributed by atoms with Crippen molar-refractivity contribution in [3.05, 3.63) is 24.0 Å². The summed E-state index contributed by atoms with van der Waals surface area (Å²) in [6, 6.07) is 0.0499. The topological polar surface area (TPSA) is 99.7 Å². The summed E-state index contributed by atoms with van der Waals surface area (Å²) < 4.78 is 0. The number of fused-ring (bicyclic) bond motifs is 1. The molecular formula is C19H21N7OS. The molecule has 28 heavy (non-hydrogen) atoms. The van der Waals surface area contributed by atoms with Gasteiger partial charge in [0.2, 0.25) is 5.91 Å². The summed E-state index contributed by atoms with van der Waals surface area (Å²) in [5, 5.41) is 12.9. The lowest BCUT2D eigenvalue weighted by Gasteiger charge is -2.40. The third-order valence-corrected chi connectivity index (χ3v) is 6.36. The predicted octanol–water partition coefficient (Wildman–Crippen LogP) is 3.33. The van der Waals surface area contributed by atoms with E-state index in [2.05, 4.69) is 37.3 Å². The van der Waals surface area contributed by atoms with E-state index in [0.717, 1.165) is 28.5 Å². The summed E-state index contributed by atoms with van der Waals surface area (Å²) in [5.74, 6) is 2.01. The van der Waals surface area contributed by atoms with Gasteiger partial charge in [-0.2, -0.15) is 5.10 Å². The van der Waals surface area contributed by atoms with Gasteiger partial charge in [0.25, 0.3) is 0 Å². The number of carbonyl (C=O) groups is 1. The first-order valence-corrected chi connectivity index (χ1v) is 10.4. The molecule has 8 nitrogen and oxygen atoms in total. The van der Waals surface area contributed by atoms with Crippen molar-refractivity contribution >= 4 is 28.7 Å². The molecule has 0 bridgehead atoms. The molecule has 1 fully saturated rings. The maximum absolute atomic E-state index is 12.6. The highest BCUT2D eigenvalue weighted by molar-refractivity contribution is 7.13. The van der Waals surface area contributed by atoms with Crippen LogP contribution in [-0.4, -0.2) is 43.1 Å². The zero-order valence-electron chi connectivity index (χ0n) is 15.7. The minimum atomic E-state index is -0.214. The SMILES string of the molecule is CCC1C(=O)Nc2cnc(-c3cn[nH]c3-c3nccs3)nc2N1C(C)C1CC1. The van der Waals surface area contributed by atoms with Gasteiger partial charge in [-0.3, -0.25) is 9.89 Å². The molecular weight excluding hydrogens is 374 g/mol. The minimum absolute atomic E-state index is 0.0191. The number of hydrogen-bond donors (Lipinski definition) is 2. The van der Waals surface area contributed by atoms with Gasteiger partial charge in [-0.25, -0.2) is 15.0 Å². The zero-order valence-corrected chi connectivity index (χ0v) is 16.5. The summed E-state index contributed by atoms with van der Waals surface area (Å²) in [4.78, 5) is 28.6. The third kappa shape index (κ3) is 2.77. The summed E-state index contributed by atoms with van der Waals surface area (Å²) in [6.45, 7) is 4.24. The van der Waals surface area contributed by atoms with Crippen molar-refractivity contribution in [2.75, 3.05) is 10.2 Å². The summed E-state index contributed by atoms with van der Waals surface area (Å²) >= 11 is 1.53. The Kier molecular flexibility index (Phi) is 4.12. The van der Waals surface area contributed by atoms with E-state index >= 15 is 0 Å². The van der Waals surface area contributed by atoms with Crippen LogP contribution in [0.5, 0.6) is 0 Å². The largest absolute Gasteiger partial charge is 0.340 e. The molecule has 4 heterocycles. The number of nitrogens with one attached hydrogen (secondary N) is 2. The molecule has 2 aliphatic rings. The van der Waals surface area contributed by atoms with Crippen LogP contribution < -0.4 is 10.2 Å². The number of thiazole rings is 1. The fourth-order valence-electron chi connectivity index (χ4n) is 3.91. The fourth-order valence-corrected chi connectivity index (χ4v) is 4.55.